The first-order valence-corrected chi connectivity index (χ1v) is 9.11. The summed E-state index contributed by atoms with van der Waals surface area (Å²) < 4.78 is 1.96. The van der Waals surface area contributed by atoms with Crippen LogP contribution in [-0.2, 0) is 17.9 Å². The zero-order valence-electron chi connectivity index (χ0n) is 15.6. The van der Waals surface area contributed by atoms with Crippen LogP contribution in [0.2, 0.25) is 0 Å². The number of aromatic nitrogens is 3. The van der Waals surface area contributed by atoms with Crippen LogP contribution < -0.4 is 0 Å². The Morgan fingerprint density at radius 1 is 1.44 bits per heavy atom. The minimum Gasteiger partial charge on any atom is -0.342 e. The van der Waals surface area contributed by atoms with E-state index < -0.39 is 0 Å². The van der Waals surface area contributed by atoms with Gasteiger partial charge in [0.1, 0.15) is 0 Å². The summed E-state index contributed by atoms with van der Waals surface area (Å²) in [6.07, 6.45) is 6.03. The van der Waals surface area contributed by atoms with Crippen molar-refractivity contribution in [2.75, 3.05) is 40.8 Å². The van der Waals surface area contributed by atoms with Gasteiger partial charge in [0.05, 0.1) is 18.2 Å². The van der Waals surface area contributed by atoms with Crippen molar-refractivity contribution in [3.63, 3.8) is 0 Å². The molecule has 7 nitrogen and oxygen atoms in total. The van der Waals surface area contributed by atoms with Gasteiger partial charge in [0.2, 0.25) is 5.91 Å². The lowest BCUT2D eigenvalue weighted by Crippen LogP contribution is -2.58. The van der Waals surface area contributed by atoms with Crippen LogP contribution in [-0.4, -0.2) is 82.4 Å². The first kappa shape index (κ1) is 18.1. The molecular formula is C18H30N6O. The Kier molecular flexibility index (Phi) is 5.54. The van der Waals surface area contributed by atoms with E-state index >= 15 is 0 Å². The van der Waals surface area contributed by atoms with Crippen molar-refractivity contribution in [3.05, 3.63) is 24.5 Å². The predicted molar refractivity (Wildman–Crippen MR) is 96.8 cm³/mol. The van der Waals surface area contributed by atoms with Gasteiger partial charge in [-0.1, -0.05) is 11.3 Å². The average molecular weight is 346 g/mol. The summed E-state index contributed by atoms with van der Waals surface area (Å²) in [5.41, 5.74) is 1.00. The molecule has 1 amide bonds. The van der Waals surface area contributed by atoms with Crippen molar-refractivity contribution in [3.8, 4) is 0 Å². The molecule has 4 atom stereocenters. The Morgan fingerprint density at radius 2 is 2.24 bits per heavy atom. The standard InChI is InChI=1S/C18H30N6O/c1-5-7-22(4)18(25)17-13-23-8-6-14(17)9-16(23)12-24-11-15(19-20-24)10-21(2)3/h5,11,14,16-17H,1,6-10,12-13H2,2-4H3/t14?,16-,17+/m1/s1. The van der Waals surface area contributed by atoms with E-state index in [1.165, 1.54) is 0 Å². The molecule has 4 heterocycles. The van der Waals surface area contributed by atoms with Gasteiger partial charge in [-0.2, -0.15) is 0 Å². The van der Waals surface area contributed by atoms with Crippen LogP contribution in [0.4, 0.5) is 0 Å². The fourth-order valence-electron chi connectivity index (χ4n) is 4.21. The number of piperidine rings is 3. The predicted octanol–water partition coefficient (Wildman–Crippen LogP) is 0.695. The van der Waals surface area contributed by atoms with Crippen LogP contribution >= 0.6 is 0 Å². The molecule has 0 aliphatic carbocycles. The Balaban J connectivity index is 1.59. The quantitative estimate of drug-likeness (QED) is 0.680. The largest absolute Gasteiger partial charge is 0.342 e. The number of rotatable bonds is 7. The van der Waals surface area contributed by atoms with E-state index in [4.69, 9.17) is 0 Å². The zero-order chi connectivity index (χ0) is 18.0. The van der Waals surface area contributed by atoms with Crippen LogP contribution in [0, 0.1) is 11.8 Å². The van der Waals surface area contributed by atoms with Gasteiger partial charge >= 0.3 is 0 Å². The van der Waals surface area contributed by atoms with E-state index in [2.05, 4.69) is 26.7 Å². The third-order valence-corrected chi connectivity index (χ3v) is 5.44. The average Bonchev–Trinajstić information content (AvgIpc) is 3.01. The van der Waals surface area contributed by atoms with Crippen molar-refractivity contribution >= 4 is 5.91 Å². The van der Waals surface area contributed by atoms with Crippen molar-refractivity contribution in [2.45, 2.75) is 32.0 Å². The molecule has 3 aliphatic rings. The molecular weight excluding hydrogens is 316 g/mol. The van der Waals surface area contributed by atoms with E-state index in [0.29, 0.717) is 18.5 Å². The summed E-state index contributed by atoms with van der Waals surface area (Å²) in [6, 6.07) is 0.460. The minimum atomic E-state index is 0.134. The molecule has 1 aromatic heterocycles. The summed E-state index contributed by atoms with van der Waals surface area (Å²) >= 11 is 0. The molecule has 25 heavy (non-hydrogen) atoms. The fraction of sp³-hybridized carbons (Fsp3) is 0.722. The lowest BCUT2D eigenvalue weighted by atomic mass is 9.75. The number of hydrogen-bond acceptors (Lipinski definition) is 5. The van der Waals surface area contributed by atoms with E-state index in [1.54, 1.807) is 11.0 Å². The second-order valence-electron chi connectivity index (χ2n) is 7.72. The highest BCUT2D eigenvalue weighted by molar-refractivity contribution is 5.79. The number of hydrogen-bond donors (Lipinski definition) is 0. The molecule has 0 radical (unpaired) electrons. The number of amides is 1. The molecule has 1 aromatic rings. The highest BCUT2D eigenvalue weighted by Gasteiger charge is 2.43. The Hall–Kier alpha value is -1.73. The number of nitrogens with zero attached hydrogens (tertiary/aromatic N) is 6. The highest BCUT2D eigenvalue weighted by Crippen LogP contribution is 2.37. The second-order valence-corrected chi connectivity index (χ2v) is 7.72. The van der Waals surface area contributed by atoms with Crippen LogP contribution in [0.25, 0.3) is 0 Å². The first-order valence-electron chi connectivity index (χ1n) is 9.11. The number of fused-ring (bicyclic) bond motifs is 3. The van der Waals surface area contributed by atoms with Crippen molar-refractivity contribution < 1.29 is 4.79 Å². The molecule has 0 N–H and O–H groups in total. The maximum absolute atomic E-state index is 12.7. The monoisotopic (exact) mass is 346 g/mol. The summed E-state index contributed by atoms with van der Waals surface area (Å²) in [5, 5.41) is 8.53. The van der Waals surface area contributed by atoms with E-state index in [9.17, 15) is 4.79 Å². The van der Waals surface area contributed by atoms with Gasteiger partial charge in [-0.05, 0) is 39.4 Å². The number of carbonyl (C=O) groups is 1. The van der Waals surface area contributed by atoms with E-state index in [0.717, 1.165) is 44.7 Å². The van der Waals surface area contributed by atoms with Gasteiger partial charge in [-0.25, -0.2) is 0 Å². The molecule has 3 aliphatic heterocycles. The molecule has 0 saturated carbocycles. The number of likely N-dealkylation sites (N-methyl/N-ethyl adjacent to an activating group) is 1. The second kappa shape index (κ2) is 7.66. The normalized spacial score (nSPS) is 28.3. The van der Waals surface area contributed by atoms with Crippen LogP contribution in [0.1, 0.15) is 18.5 Å². The van der Waals surface area contributed by atoms with E-state index in [-0.39, 0.29) is 11.8 Å². The highest BCUT2D eigenvalue weighted by atomic mass is 16.2. The topological polar surface area (TPSA) is 57.5 Å². The van der Waals surface area contributed by atoms with Crippen molar-refractivity contribution in [2.24, 2.45) is 11.8 Å². The molecule has 138 valence electrons. The van der Waals surface area contributed by atoms with Gasteiger partial charge in [-0.3, -0.25) is 14.4 Å². The van der Waals surface area contributed by atoms with Crippen LogP contribution in [0.15, 0.2) is 18.9 Å². The maximum Gasteiger partial charge on any atom is 0.227 e. The molecule has 4 rings (SSSR count). The fourth-order valence-corrected chi connectivity index (χ4v) is 4.21. The van der Waals surface area contributed by atoms with Crippen LogP contribution in [0.5, 0.6) is 0 Å². The van der Waals surface area contributed by atoms with Crippen LogP contribution in [0.3, 0.4) is 0 Å². The number of carbonyl (C=O) groups excluding carboxylic acids is 1. The lowest BCUT2D eigenvalue weighted by Gasteiger charge is -2.49. The summed E-state index contributed by atoms with van der Waals surface area (Å²) in [5.74, 6) is 0.886. The molecule has 3 fully saturated rings. The van der Waals surface area contributed by atoms with Gasteiger partial charge < -0.3 is 9.80 Å². The minimum absolute atomic E-state index is 0.134. The first-order chi connectivity index (χ1) is 12.0. The van der Waals surface area contributed by atoms with Gasteiger partial charge in [0.25, 0.3) is 0 Å². The molecule has 3 saturated heterocycles. The molecule has 7 heteroatoms. The Bertz CT molecular complexity index is 612. The van der Waals surface area contributed by atoms with Gasteiger partial charge in [0.15, 0.2) is 0 Å². The SMILES string of the molecule is C=CCN(C)C(=O)[C@H]1CN2CCC1C[C@@H]2Cn1cc(CN(C)C)nn1. The van der Waals surface area contributed by atoms with Crippen molar-refractivity contribution in [1.82, 2.24) is 29.7 Å². The molecule has 0 aromatic carbocycles. The van der Waals surface area contributed by atoms with E-state index in [1.807, 2.05) is 32.0 Å². The van der Waals surface area contributed by atoms with Crippen molar-refractivity contribution in [1.29, 1.82) is 0 Å². The zero-order valence-corrected chi connectivity index (χ0v) is 15.6. The summed E-state index contributed by atoms with van der Waals surface area (Å²) in [6.45, 7) is 7.98. The molecule has 0 spiro atoms. The van der Waals surface area contributed by atoms with Gasteiger partial charge in [-0.15, -0.1) is 11.7 Å². The third-order valence-electron chi connectivity index (χ3n) is 5.44. The summed E-state index contributed by atoms with van der Waals surface area (Å²) in [4.78, 5) is 19.0. The molecule has 2 unspecified atom stereocenters. The lowest BCUT2D eigenvalue weighted by molar-refractivity contribution is -0.142. The smallest absolute Gasteiger partial charge is 0.227 e. The third kappa shape index (κ3) is 4.10. The maximum atomic E-state index is 12.7. The Morgan fingerprint density at radius 3 is 2.88 bits per heavy atom. The molecule has 2 bridgehead atoms. The summed E-state index contributed by atoms with van der Waals surface area (Å²) in [7, 11) is 5.94. The Labute approximate surface area is 150 Å². The van der Waals surface area contributed by atoms with Gasteiger partial charge in [0, 0.05) is 38.9 Å².